The van der Waals surface area contributed by atoms with Crippen molar-refractivity contribution in [1.82, 2.24) is 9.47 Å². The van der Waals surface area contributed by atoms with Gasteiger partial charge >= 0.3 is 0 Å². The van der Waals surface area contributed by atoms with Gasteiger partial charge in [-0.15, -0.1) is 0 Å². The lowest BCUT2D eigenvalue weighted by atomic mass is 10.1. The Labute approximate surface area is 165 Å². The number of benzene rings is 1. The number of hydrogen-bond acceptors (Lipinski definition) is 3. The molecule has 0 spiro atoms. The van der Waals surface area contributed by atoms with Gasteiger partial charge < -0.3 is 19.1 Å². The summed E-state index contributed by atoms with van der Waals surface area (Å²) >= 11 is 0. The second-order valence-electron chi connectivity index (χ2n) is 7.68. The molecule has 150 valence electrons. The van der Waals surface area contributed by atoms with Crippen molar-refractivity contribution in [2.45, 2.75) is 33.2 Å². The summed E-state index contributed by atoms with van der Waals surface area (Å²) < 4.78 is 21.9. The summed E-state index contributed by atoms with van der Waals surface area (Å²) in [6.45, 7) is 9.02. The number of anilines is 1. The van der Waals surface area contributed by atoms with Crippen LogP contribution in [0.5, 0.6) is 0 Å². The van der Waals surface area contributed by atoms with Crippen LogP contribution in [0.1, 0.15) is 40.2 Å². The molecule has 2 aliphatic heterocycles. The molecule has 0 atom stereocenters. The van der Waals surface area contributed by atoms with Crippen LogP contribution in [0.4, 0.5) is 10.1 Å². The van der Waals surface area contributed by atoms with Gasteiger partial charge in [-0.3, -0.25) is 4.79 Å². The average Bonchev–Trinajstić information content (AvgIpc) is 3.31. The number of halogens is 1. The number of ether oxygens (including phenoxy) is 1. The SMILES string of the molecule is Cc1c(N2CCOCC2)c(C)n(Cc2ccccc2F)c1C(=O)N1CCCC1. The highest BCUT2D eigenvalue weighted by Gasteiger charge is 2.30. The van der Waals surface area contributed by atoms with Crippen LogP contribution in [0.25, 0.3) is 0 Å². The van der Waals surface area contributed by atoms with Gasteiger partial charge in [0.25, 0.3) is 5.91 Å². The van der Waals surface area contributed by atoms with Gasteiger partial charge in [0.2, 0.25) is 0 Å². The molecule has 5 nitrogen and oxygen atoms in total. The van der Waals surface area contributed by atoms with Gasteiger partial charge in [0.05, 0.1) is 25.4 Å². The third-order valence-corrected chi connectivity index (χ3v) is 5.94. The van der Waals surface area contributed by atoms with E-state index in [9.17, 15) is 9.18 Å². The van der Waals surface area contributed by atoms with Crippen LogP contribution >= 0.6 is 0 Å². The molecule has 2 aromatic rings. The molecule has 2 aliphatic rings. The summed E-state index contributed by atoms with van der Waals surface area (Å²) in [4.78, 5) is 17.6. The summed E-state index contributed by atoms with van der Waals surface area (Å²) in [5, 5.41) is 0. The summed E-state index contributed by atoms with van der Waals surface area (Å²) in [5.41, 5.74) is 4.41. The van der Waals surface area contributed by atoms with Gasteiger partial charge in [-0.2, -0.15) is 0 Å². The summed E-state index contributed by atoms with van der Waals surface area (Å²) in [6.07, 6.45) is 2.10. The highest BCUT2D eigenvalue weighted by molar-refractivity contribution is 5.97. The quantitative estimate of drug-likeness (QED) is 0.810. The van der Waals surface area contributed by atoms with Crippen molar-refractivity contribution in [2.24, 2.45) is 0 Å². The molecule has 0 N–H and O–H groups in total. The van der Waals surface area contributed by atoms with Gasteiger partial charge in [0.15, 0.2) is 0 Å². The first-order chi connectivity index (χ1) is 13.6. The number of carbonyl (C=O) groups is 1. The van der Waals surface area contributed by atoms with Crippen molar-refractivity contribution in [3.8, 4) is 0 Å². The van der Waals surface area contributed by atoms with E-state index in [4.69, 9.17) is 4.74 Å². The molecule has 0 aliphatic carbocycles. The molecule has 2 fully saturated rings. The summed E-state index contributed by atoms with van der Waals surface area (Å²) in [7, 11) is 0. The Bertz CT molecular complexity index is 865. The lowest BCUT2D eigenvalue weighted by Crippen LogP contribution is -2.36. The Morgan fingerprint density at radius 1 is 1.07 bits per heavy atom. The first-order valence-electron chi connectivity index (χ1n) is 10.1. The maximum absolute atomic E-state index is 14.4. The number of nitrogens with zero attached hydrogens (tertiary/aromatic N) is 3. The van der Waals surface area contributed by atoms with Crippen LogP contribution in [0.3, 0.4) is 0 Å². The number of carbonyl (C=O) groups excluding carboxylic acids is 1. The van der Waals surface area contributed by atoms with Crippen molar-refractivity contribution in [3.63, 3.8) is 0 Å². The molecule has 6 heteroatoms. The molecule has 1 amide bonds. The van der Waals surface area contributed by atoms with Crippen LogP contribution < -0.4 is 4.90 Å². The molecule has 28 heavy (non-hydrogen) atoms. The highest BCUT2D eigenvalue weighted by Crippen LogP contribution is 2.33. The number of likely N-dealkylation sites (tertiary alicyclic amines) is 1. The zero-order chi connectivity index (χ0) is 19.7. The van der Waals surface area contributed by atoms with Gasteiger partial charge in [0.1, 0.15) is 11.5 Å². The lowest BCUT2D eigenvalue weighted by molar-refractivity contribution is 0.0781. The van der Waals surface area contributed by atoms with E-state index in [1.54, 1.807) is 12.1 Å². The Hall–Kier alpha value is -2.34. The van der Waals surface area contributed by atoms with E-state index in [0.29, 0.717) is 31.0 Å². The second kappa shape index (κ2) is 7.95. The molecule has 0 radical (unpaired) electrons. The largest absolute Gasteiger partial charge is 0.378 e. The monoisotopic (exact) mass is 385 g/mol. The zero-order valence-electron chi connectivity index (χ0n) is 16.7. The molecule has 1 aromatic carbocycles. The highest BCUT2D eigenvalue weighted by atomic mass is 19.1. The molecule has 2 saturated heterocycles. The van der Waals surface area contributed by atoms with Gasteiger partial charge in [-0.05, 0) is 32.8 Å². The fourth-order valence-electron chi connectivity index (χ4n) is 4.47. The Kier molecular flexibility index (Phi) is 5.40. The number of morpholine rings is 1. The van der Waals surface area contributed by atoms with E-state index in [2.05, 4.69) is 4.90 Å². The van der Waals surface area contributed by atoms with Crippen molar-refractivity contribution in [3.05, 3.63) is 52.6 Å². The molecule has 0 bridgehead atoms. The van der Waals surface area contributed by atoms with Crippen LogP contribution in [-0.4, -0.2) is 54.8 Å². The minimum atomic E-state index is -0.235. The fraction of sp³-hybridized carbons (Fsp3) is 0.500. The van der Waals surface area contributed by atoms with E-state index in [0.717, 1.165) is 56.0 Å². The van der Waals surface area contributed by atoms with E-state index in [1.807, 2.05) is 29.4 Å². The average molecular weight is 385 g/mol. The van der Waals surface area contributed by atoms with Crippen molar-refractivity contribution >= 4 is 11.6 Å². The minimum Gasteiger partial charge on any atom is -0.378 e. The Balaban J connectivity index is 1.79. The maximum atomic E-state index is 14.4. The third kappa shape index (κ3) is 3.41. The van der Waals surface area contributed by atoms with Gasteiger partial charge in [-0.25, -0.2) is 4.39 Å². The van der Waals surface area contributed by atoms with Crippen molar-refractivity contribution in [2.75, 3.05) is 44.3 Å². The predicted molar refractivity (Wildman–Crippen MR) is 108 cm³/mol. The van der Waals surface area contributed by atoms with E-state index in [1.165, 1.54) is 6.07 Å². The lowest BCUT2D eigenvalue weighted by Gasteiger charge is -2.29. The predicted octanol–water partition coefficient (Wildman–Crippen LogP) is 3.36. The number of amides is 1. The Morgan fingerprint density at radius 3 is 2.43 bits per heavy atom. The van der Waals surface area contributed by atoms with E-state index >= 15 is 0 Å². The van der Waals surface area contributed by atoms with Crippen molar-refractivity contribution in [1.29, 1.82) is 0 Å². The molecule has 4 rings (SSSR count). The number of rotatable bonds is 4. The van der Waals surface area contributed by atoms with Crippen molar-refractivity contribution < 1.29 is 13.9 Å². The second-order valence-corrected chi connectivity index (χ2v) is 7.68. The van der Waals surface area contributed by atoms with Gasteiger partial charge in [-0.1, -0.05) is 18.2 Å². The van der Waals surface area contributed by atoms with Gasteiger partial charge in [0, 0.05) is 43.0 Å². The fourth-order valence-corrected chi connectivity index (χ4v) is 4.47. The molecular weight excluding hydrogens is 357 g/mol. The first kappa shape index (κ1) is 19.0. The molecule has 0 saturated carbocycles. The molecular formula is C22H28FN3O2. The smallest absolute Gasteiger partial charge is 0.270 e. The summed E-state index contributed by atoms with van der Waals surface area (Å²) in [5.74, 6) is -0.172. The Morgan fingerprint density at radius 2 is 1.75 bits per heavy atom. The molecule has 3 heterocycles. The van der Waals surface area contributed by atoms with E-state index < -0.39 is 0 Å². The zero-order valence-corrected chi connectivity index (χ0v) is 16.7. The molecule has 1 aromatic heterocycles. The number of hydrogen-bond donors (Lipinski definition) is 0. The van der Waals surface area contributed by atoms with Crippen LogP contribution in [0.2, 0.25) is 0 Å². The summed E-state index contributed by atoms with van der Waals surface area (Å²) in [6, 6.07) is 6.81. The molecule has 0 unspecified atom stereocenters. The van der Waals surface area contributed by atoms with Crippen LogP contribution in [-0.2, 0) is 11.3 Å². The van der Waals surface area contributed by atoms with Crippen LogP contribution in [0.15, 0.2) is 24.3 Å². The minimum absolute atomic E-state index is 0.0638. The van der Waals surface area contributed by atoms with Crippen LogP contribution in [0, 0.1) is 19.7 Å². The maximum Gasteiger partial charge on any atom is 0.270 e. The first-order valence-corrected chi connectivity index (χ1v) is 10.1. The number of aromatic nitrogens is 1. The normalized spacial score (nSPS) is 17.4. The standard InChI is InChI=1S/C22H28FN3O2/c1-16-20(24-11-13-28-14-12-24)17(2)26(15-18-7-3-4-8-19(18)23)21(16)22(27)25-9-5-6-10-25/h3-4,7-8H,5-6,9-15H2,1-2H3. The third-order valence-electron chi connectivity index (χ3n) is 5.94. The van der Waals surface area contributed by atoms with E-state index in [-0.39, 0.29) is 11.7 Å². The topological polar surface area (TPSA) is 37.7 Å².